The Morgan fingerprint density at radius 1 is 0.742 bits per heavy atom. The number of halogens is 4. The van der Waals surface area contributed by atoms with Crippen molar-refractivity contribution in [1.29, 1.82) is 0 Å². The highest BCUT2D eigenvalue weighted by atomic mass is 35.5. The Hall–Kier alpha value is -2.92. The van der Waals surface area contributed by atoms with Crippen molar-refractivity contribution in [2.45, 2.75) is 6.42 Å². The van der Waals surface area contributed by atoms with Crippen molar-refractivity contribution in [3.8, 4) is 0 Å². The maximum atomic E-state index is 11.7. The minimum Gasteiger partial charge on any atom is -0.384 e. The number of amidine groups is 2. The van der Waals surface area contributed by atoms with E-state index in [2.05, 4.69) is 30.6 Å². The molecule has 2 aromatic carbocycles. The molecular weight excluding hydrogens is 494 g/mol. The van der Waals surface area contributed by atoms with Gasteiger partial charge < -0.3 is 11.5 Å². The molecular formula is C17H14Cl4N6O4. The fraction of sp³-hybridized carbons (Fsp3) is 0.0588. The normalized spacial score (nSPS) is 11.6. The molecule has 0 aromatic heterocycles. The Morgan fingerprint density at radius 3 is 1.48 bits per heavy atom. The van der Waals surface area contributed by atoms with Crippen LogP contribution in [0.1, 0.15) is 6.42 Å². The number of amides is 2. The molecule has 2 aromatic rings. The lowest BCUT2D eigenvalue weighted by atomic mass is 10.3. The highest BCUT2D eigenvalue weighted by Gasteiger charge is 2.09. The molecule has 2 rings (SSSR count). The molecule has 164 valence electrons. The van der Waals surface area contributed by atoms with Gasteiger partial charge in [-0.05, 0) is 36.4 Å². The van der Waals surface area contributed by atoms with E-state index >= 15 is 0 Å². The van der Waals surface area contributed by atoms with Gasteiger partial charge in [-0.3, -0.25) is 20.3 Å². The molecule has 2 amide bonds. The molecule has 0 saturated carbocycles. The molecule has 0 heterocycles. The molecule has 0 saturated heterocycles. The molecule has 0 radical (unpaired) electrons. The van der Waals surface area contributed by atoms with Crippen LogP contribution in [0.5, 0.6) is 0 Å². The van der Waals surface area contributed by atoms with Gasteiger partial charge in [0.15, 0.2) is 0 Å². The summed E-state index contributed by atoms with van der Waals surface area (Å²) in [6.07, 6.45) is -2.12. The van der Waals surface area contributed by atoms with E-state index < -0.39 is 12.2 Å². The van der Waals surface area contributed by atoms with Gasteiger partial charge in [-0.15, -0.1) is 0 Å². The molecule has 0 aliphatic heterocycles. The average Bonchev–Trinajstić information content (AvgIpc) is 2.70. The van der Waals surface area contributed by atoms with Crippen LogP contribution < -0.4 is 22.1 Å². The molecule has 0 aliphatic carbocycles. The topological polar surface area (TPSA) is 153 Å². The van der Waals surface area contributed by atoms with Crippen LogP contribution >= 0.6 is 46.4 Å². The second-order valence-electron chi connectivity index (χ2n) is 5.61. The summed E-state index contributed by atoms with van der Waals surface area (Å²) in [6.45, 7) is 0. The highest BCUT2D eigenvalue weighted by molar-refractivity contribution is 6.42. The predicted octanol–water partition coefficient (Wildman–Crippen LogP) is 5.03. The first-order chi connectivity index (χ1) is 14.6. The Balaban J connectivity index is 1.80. The summed E-state index contributed by atoms with van der Waals surface area (Å²) < 4.78 is 0. The molecule has 0 spiro atoms. The van der Waals surface area contributed by atoms with Crippen molar-refractivity contribution in [2.75, 3.05) is 10.6 Å². The van der Waals surface area contributed by atoms with Gasteiger partial charge in [-0.1, -0.05) is 56.7 Å². The minimum atomic E-state index is -0.936. The van der Waals surface area contributed by atoms with E-state index in [9.17, 15) is 9.59 Å². The molecule has 0 aliphatic rings. The van der Waals surface area contributed by atoms with Crippen LogP contribution in [0.4, 0.5) is 21.0 Å². The third-order valence-corrected chi connectivity index (χ3v) is 4.66. The molecule has 0 bridgehead atoms. The van der Waals surface area contributed by atoms with E-state index in [-0.39, 0.29) is 28.1 Å². The summed E-state index contributed by atoms with van der Waals surface area (Å²) in [6, 6.07) is 8.84. The van der Waals surface area contributed by atoms with Gasteiger partial charge in [0.2, 0.25) is 0 Å². The zero-order valence-electron chi connectivity index (χ0n) is 15.4. The van der Waals surface area contributed by atoms with E-state index in [0.29, 0.717) is 21.4 Å². The fourth-order valence-corrected chi connectivity index (χ4v) is 2.48. The van der Waals surface area contributed by atoms with Gasteiger partial charge in [0, 0.05) is 11.4 Å². The Kier molecular flexibility index (Phi) is 9.01. The van der Waals surface area contributed by atoms with Crippen LogP contribution in [0.2, 0.25) is 20.1 Å². The van der Waals surface area contributed by atoms with Crippen molar-refractivity contribution in [3.63, 3.8) is 0 Å². The lowest BCUT2D eigenvalue weighted by molar-refractivity contribution is 0.166. The number of carbonyl (C=O) groups is 2. The molecule has 31 heavy (non-hydrogen) atoms. The molecule has 6 N–H and O–H groups in total. The van der Waals surface area contributed by atoms with E-state index in [1.807, 2.05) is 0 Å². The summed E-state index contributed by atoms with van der Waals surface area (Å²) in [5.74, 6) is -0.418. The number of oxime groups is 2. The van der Waals surface area contributed by atoms with E-state index in [4.69, 9.17) is 57.9 Å². The van der Waals surface area contributed by atoms with Crippen LogP contribution in [0.15, 0.2) is 46.7 Å². The number of carbonyl (C=O) groups excluding carboxylic acids is 2. The smallest absolute Gasteiger partial charge is 0.384 e. The van der Waals surface area contributed by atoms with Gasteiger partial charge in [-0.2, -0.15) is 0 Å². The van der Waals surface area contributed by atoms with Crippen molar-refractivity contribution < 1.29 is 19.3 Å². The van der Waals surface area contributed by atoms with Crippen molar-refractivity contribution in [3.05, 3.63) is 56.5 Å². The number of benzene rings is 2. The Labute approximate surface area is 196 Å². The van der Waals surface area contributed by atoms with Gasteiger partial charge in [0.05, 0.1) is 26.5 Å². The third-order valence-electron chi connectivity index (χ3n) is 3.19. The number of anilines is 2. The third kappa shape index (κ3) is 8.38. The number of nitrogens with one attached hydrogen (secondary N) is 2. The number of rotatable bonds is 6. The van der Waals surface area contributed by atoms with Gasteiger partial charge in [0.25, 0.3) is 0 Å². The SMILES string of the molecule is NC(CC(N)=NOC(=O)Nc1ccc(Cl)c(Cl)c1)=NOC(=O)Nc1ccc(Cl)c(Cl)c1. The van der Waals surface area contributed by atoms with Crippen LogP contribution in [-0.4, -0.2) is 23.9 Å². The van der Waals surface area contributed by atoms with E-state index in [1.165, 1.54) is 36.4 Å². The fourth-order valence-electron chi connectivity index (χ4n) is 1.88. The maximum absolute atomic E-state index is 11.7. The summed E-state index contributed by atoms with van der Waals surface area (Å²) in [4.78, 5) is 32.6. The lowest BCUT2D eigenvalue weighted by Gasteiger charge is -2.05. The zero-order valence-corrected chi connectivity index (χ0v) is 18.4. The standard InChI is InChI=1S/C17H14Cl4N6O4/c18-10-3-1-8(5-12(10)20)24-16(28)30-26-14(22)7-15(23)27-31-17(29)25-9-2-4-11(19)13(21)6-9/h1-6H,7H2,(H2,22,26)(H2,23,27)(H,24,28)(H,25,29). The lowest BCUT2D eigenvalue weighted by Crippen LogP contribution is -2.25. The van der Waals surface area contributed by atoms with Crippen molar-refractivity contribution in [2.24, 2.45) is 21.8 Å². The number of nitrogens with two attached hydrogens (primary N) is 2. The van der Waals surface area contributed by atoms with Crippen molar-refractivity contribution in [1.82, 2.24) is 0 Å². The summed E-state index contributed by atoms with van der Waals surface area (Å²) in [5.41, 5.74) is 11.8. The number of hydrogen-bond acceptors (Lipinski definition) is 6. The first kappa shape index (κ1) is 24.4. The second-order valence-corrected chi connectivity index (χ2v) is 7.24. The molecule has 14 heteroatoms. The minimum absolute atomic E-state index is 0.209. The van der Waals surface area contributed by atoms with Crippen LogP contribution in [0.25, 0.3) is 0 Å². The van der Waals surface area contributed by atoms with Crippen LogP contribution in [0.3, 0.4) is 0 Å². The molecule has 10 nitrogen and oxygen atoms in total. The summed E-state index contributed by atoms with van der Waals surface area (Å²) in [5, 5.41) is 12.7. The van der Waals surface area contributed by atoms with E-state index in [1.54, 1.807) is 0 Å². The van der Waals surface area contributed by atoms with E-state index in [0.717, 1.165) is 0 Å². The Bertz CT molecular complexity index is 966. The highest BCUT2D eigenvalue weighted by Crippen LogP contribution is 2.25. The largest absolute Gasteiger partial charge is 0.437 e. The first-order valence-corrected chi connectivity index (χ1v) is 9.66. The van der Waals surface area contributed by atoms with Gasteiger partial charge in [-0.25, -0.2) is 9.59 Å². The summed E-state index contributed by atoms with van der Waals surface area (Å²) >= 11 is 23.3. The number of nitrogens with zero attached hydrogens (tertiary/aromatic N) is 2. The molecule has 0 unspecified atom stereocenters. The average molecular weight is 508 g/mol. The number of hydrogen-bond donors (Lipinski definition) is 4. The monoisotopic (exact) mass is 506 g/mol. The molecule has 0 atom stereocenters. The second kappa shape index (κ2) is 11.5. The van der Waals surface area contributed by atoms with Gasteiger partial charge >= 0.3 is 12.2 Å². The first-order valence-electron chi connectivity index (χ1n) is 8.15. The quantitative estimate of drug-likeness (QED) is 0.186. The molecule has 0 fully saturated rings. The summed E-state index contributed by atoms with van der Waals surface area (Å²) in [7, 11) is 0. The van der Waals surface area contributed by atoms with Crippen molar-refractivity contribution >= 4 is 81.6 Å². The maximum Gasteiger partial charge on any atom is 0.437 e. The predicted molar refractivity (Wildman–Crippen MR) is 121 cm³/mol. The Morgan fingerprint density at radius 2 is 1.13 bits per heavy atom. The van der Waals surface area contributed by atoms with Gasteiger partial charge in [0.1, 0.15) is 11.7 Å². The zero-order chi connectivity index (χ0) is 23.0. The van der Waals surface area contributed by atoms with Crippen LogP contribution in [-0.2, 0) is 9.68 Å². The van der Waals surface area contributed by atoms with Crippen LogP contribution in [0, 0.1) is 0 Å².